The number of ether oxygens (including phenoxy) is 1. The largest absolute Gasteiger partial charge is 0.461 e. The summed E-state index contributed by atoms with van der Waals surface area (Å²) in [5, 5.41) is 14.9. The van der Waals surface area contributed by atoms with Crippen LogP contribution in [0.1, 0.15) is 51.5 Å². The van der Waals surface area contributed by atoms with E-state index < -0.39 is 17.6 Å². The van der Waals surface area contributed by atoms with Crippen molar-refractivity contribution in [3.8, 4) is 17.3 Å². The Bertz CT molecular complexity index is 1440. The van der Waals surface area contributed by atoms with Gasteiger partial charge in [0, 0.05) is 49.9 Å². The molecule has 10 heteroatoms. The van der Waals surface area contributed by atoms with Crippen molar-refractivity contribution in [2.24, 2.45) is 0 Å². The number of aliphatic hydroxyl groups is 1. The number of piperazine rings is 1. The second-order valence-electron chi connectivity index (χ2n) is 12.5. The molecule has 4 aliphatic rings. The fourth-order valence-electron chi connectivity index (χ4n) is 7.36. The minimum absolute atomic E-state index is 0.101. The van der Waals surface area contributed by atoms with Crippen molar-refractivity contribution in [1.82, 2.24) is 25.2 Å². The highest BCUT2D eigenvalue weighted by Gasteiger charge is 2.49. The van der Waals surface area contributed by atoms with Crippen molar-refractivity contribution in [3.05, 3.63) is 41.8 Å². The van der Waals surface area contributed by atoms with Gasteiger partial charge in [-0.1, -0.05) is 24.3 Å². The number of alkyl halides is 1. The summed E-state index contributed by atoms with van der Waals surface area (Å²) in [6.45, 7) is 6.43. The highest BCUT2D eigenvalue weighted by Crippen LogP contribution is 2.41. The summed E-state index contributed by atoms with van der Waals surface area (Å²) in [5.41, 5.74) is -0.202. The van der Waals surface area contributed by atoms with Gasteiger partial charge >= 0.3 is 6.01 Å². The quantitative estimate of drug-likeness (QED) is 0.477. The molecule has 2 bridgehead atoms. The van der Waals surface area contributed by atoms with Crippen LogP contribution in [0.25, 0.3) is 22.2 Å². The highest BCUT2D eigenvalue weighted by atomic mass is 19.1. The predicted molar refractivity (Wildman–Crippen MR) is 149 cm³/mol. The number of hydrogen-bond acceptors (Lipinski definition) is 8. The molecule has 212 valence electrons. The number of nitrogens with one attached hydrogen (secondary N) is 1. The summed E-state index contributed by atoms with van der Waals surface area (Å²) in [7, 11) is 0. The number of anilines is 1. The van der Waals surface area contributed by atoms with Crippen LogP contribution in [0, 0.1) is 5.82 Å². The van der Waals surface area contributed by atoms with Gasteiger partial charge in [-0.2, -0.15) is 9.97 Å². The normalized spacial score (nSPS) is 28.4. The molecular weight excluding hydrogens is 514 g/mol. The number of benzene rings is 1. The van der Waals surface area contributed by atoms with Gasteiger partial charge in [0.1, 0.15) is 29.8 Å². The second-order valence-corrected chi connectivity index (χ2v) is 12.5. The smallest absolute Gasteiger partial charge is 0.319 e. The van der Waals surface area contributed by atoms with Gasteiger partial charge in [0.25, 0.3) is 0 Å². The van der Waals surface area contributed by atoms with Crippen molar-refractivity contribution < 1.29 is 18.6 Å². The fraction of sp³-hybridized carbons (Fsp3) is 0.567. The molecule has 4 saturated heterocycles. The first-order valence-corrected chi connectivity index (χ1v) is 14.4. The predicted octanol–water partition coefficient (Wildman–Crippen LogP) is 3.95. The maximum atomic E-state index is 16.4. The van der Waals surface area contributed by atoms with Crippen LogP contribution < -0.4 is 15.0 Å². The third-order valence-corrected chi connectivity index (χ3v) is 9.23. The topological polar surface area (TPSA) is 86.6 Å². The van der Waals surface area contributed by atoms with Crippen LogP contribution in [0.4, 0.5) is 14.6 Å². The zero-order valence-electron chi connectivity index (χ0n) is 23.0. The Morgan fingerprint density at radius 2 is 1.93 bits per heavy atom. The molecule has 4 atom stereocenters. The summed E-state index contributed by atoms with van der Waals surface area (Å²) in [5.74, 6) is 0.0360. The molecule has 8 nitrogen and oxygen atoms in total. The molecule has 3 aromatic rings. The lowest BCUT2D eigenvalue weighted by atomic mass is 9.91. The third-order valence-electron chi connectivity index (χ3n) is 9.23. The fourth-order valence-corrected chi connectivity index (χ4v) is 7.36. The van der Waals surface area contributed by atoms with Gasteiger partial charge in [0.2, 0.25) is 0 Å². The monoisotopic (exact) mass is 550 g/mol. The molecule has 1 aromatic carbocycles. The maximum Gasteiger partial charge on any atom is 0.319 e. The molecule has 2 unspecified atom stereocenters. The van der Waals surface area contributed by atoms with Gasteiger partial charge in [0.05, 0.1) is 16.5 Å². The number of fused-ring (bicyclic) bond motifs is 4. The molecule has 6 heterocycles. The minimum atomic E-state index is -1.19. The van der Waals surface area contributed by atoms with Crippen molar-refractivity contribution in [2.75, 3.05) is 37.7 Å². The van der Waals surface area contributed by atoms with E-state index in [1.165, 1.54) is 0 Å². The van der Waals surface area contributed by atoms with E-state index in [0.29, 0.717) is 47.4 Å². The summed E-state index contributed by atoms with van der Waals surface area (Å²) < 4.78 is 37.0. The standard InChI is InChI=1S/C30H36F2N6O2/c1-29(2,39)23-7-4-3-6-21(23)25-24(32)26-22(13-33-25)27(37-15-19-8-9-20(16-37)34-19)36-28(35-26)40-17-30-10-5-11-38(30)14-18(31)12-30/h3-4,6-7,13,18-20,34,39H,5,8-12,14-17H2,1-2H3/t18?,19-,20+,30?. The Balaban J connectivity index is 1.32. The van der Waals surface area contributed by atoms with E-state index in [2.05, 4.69) is 25.1 Å². The average Bonchev–Trinajstić information content (AvgIpc) is 3.57. The first-order chi connectivity index (χ1) is 19.2. The van der Waals surface area contributed by atoms with Crippen LogP contribution in [0.5, 0.6) is 6.01 Å². The number of hydrogen-bond donors (Lipinski definition) is 2. The van der Waals surface area contributed by atoms with Gasteiger partial charge < -0.3 is 20.1 Å². The molecule has 2 aromatic heterocycles. The van der Waals surface area contributed by atoms with Crippen LogP contribution in [-0.4, -0.2) is 81.5 Å². The van der Waals surface area contributed by atoms with Crippen LogP contribution in [0.2, 0.25) is 0 Å². The van der Waals surface area contributed by atoms with E-state index in [-0.39, 0.29) is 29.4 Å². The SMILES string of the molecule is CC(C)(O)c1ccccc1-c1ncc2c(N3C[C@H]4CC[C@@H](C3)N4)nc(OCC34CCCN3CC(F)C4)nc2c1F. The van der Waals surface area contributed by atoms with E-state index in [9.17, 15) is 9.50 Å². The Labute approximate surface area is 232 Å². The number of nitrogens with zero attached hydrogens (tertiary/aromatic N) is 5. The van der Waals surface area contributed by atoms with Gasteiger partial charge in [-0.05, 0) is 51.6 Å². The van der Waals surface area contributed by atoms with Gasteiger partial charge in [-0.15, -0.1) is 0 Å². The minimum Gasteiger partial charge on any atom is -0.461 e. The lowest BCUT2D eigenvalue weighted by molar-refractivity contribution is 0.0791. The van der Waals surface area contributed by atoms with E-state index in [1.54, 1.807) is 38.2 Å². The molecule has 0 spiro atoms. The number of halogens is 2. The van der Waals surface area contributed by atoms with Gasteiger partial charge in [-0.3, -0.25) is 9.88 Å². The first kappa shape index (κ1) is 26.0. The average molecular weight is 551 g/mol. The summed E-state index contributed by atoms with van der Waals surface area (Å²) in [6, 6.07) is 7.98. The van der Waals surface area contributed by atoms with E-state index in [4.69, 9.17) is 9.72 Å². The first-order valence-electron chi connectivity index (χ1n) is 14.4. The zero-order valence-corrected chi connectivity index (χ0v) is 23.0. The summed E-state index contributed by atoms with van der Waals surface area (Å²) >= 11 is 0. The van der Waals surface area contributed by atoms with Crippen LogP contribution in [0.15, 0.2) is 30.5 Å². The maximum absolute atomic E-state index is 16.4. The molecule has 0 saturated carbocycles. The van der Waals surface area contributed by atoms with E-state index in [1.807, 2.05) is 6.07 Å². The molecule has 40 heavy (non-hydrogen) atoms. The number of rotatable bonds is 6. The van der Waals surface area contributed by atoms with Crippen LogP contribution in [0.3, 0.4) is 0 Å². The summed E-state index contributed by atoms with van der Waals surface area (Å²) in [4.78, 5) is 18.3. The molecular formula is C30H36F2N6O2. The molecule has 2 N–H and O–H groups in total. The van der Waals surface area contributed by atoms with Crippen LogP contribution in [-0.2, 0) is 5.60 Å². The molecule has 4 aliphatic heterocycles. The van der Waals surface area contributed by atoms with Crippen molar-refractivity contribution in [2.45, 2.75) is 75.3 Å². The van der Waals surface area contributed by atoms with Crippen molar-refractivity contribution in [1.29, 1.82) is 0 Å². The van der Waals surface area contributed by atoms with Crippen molar-refractivity contribution in [3.63, 3.8) is 0 Å². The van der Waals surface area contributed by atoms with Crippen molar-refractivity contribution >= 4 is 16.7 Å². The Morgan fingerprint density at radius 3 is 2.70 bits per heavy atom. The number of aromatic nitrogens is 3. The molecule has 7 rings (SSSR count). The van der Waals surface area contributed by atoms with E-state index >= 15 is 4.39 Å². The summed E-state index contributed by atoms with van der Waals surface area (Å²) in [6.07, 6.45) is 5.28. The lowest BCUT2D eigenvalue weighted by Gasteiger charge is -2.34. The van der Waals surface area contributed by atoms with Gasteiger partial charge in [0.15, 0.2) is 5.82 Å². The molecule has 0 amide bonds. The molecule has 0 radical (unpaired) electrons. The zero-order chi connectivity index (χ0) is 27.6. The number of pyridine rings is 1. The van der Waals surface area contributed by atoms with Crippen LogP contribution >= 0.6 is 0 Å². The Kier molecular flexibility index (Phi) is 6.21. The lowest BCUT2D eigenvalue weighted by Crippen LogP contribution is -2.51. The highest BCUT2D eigenvalue weighted by molar-refractivity contribution is 5.92. The van der Waals surface area contributed by atoms with E-state index in [0.717, 1.165) is 45.3 Å². The third kappa shape index (κ3) is 4.40. The Hall–Kier alpha value is -2.95. The van der Waals surface area contributed by atoms with Gasteiger partial charge in [-0.25, -0.2) is 8.78 Å². The Morgan fingerprint density at radius 1 is 1.15 bits per heavy atom. The second kappa shape index (κ2) is 9.56. The molecule has 0 aliphatic carbocycles. The molecule has 4 fully saturated rings.